The van der Waals surface area contributed by atoms with E-state index < -0.39 is 6.04 Å². The van der Waals surface area contributed by atoms with Gasteiger partial charge in [-0.3, -0.25) is 14.4 Å². The zero-order valence-corrected chi connectivity index (χ0v) is 12.6. The number of amides is 2. The Balaban J connectivity index is 2.13. The summed E-state index contributed by atoms with van der Waals surface area (Å²) in [6.07, 6.45) is 4.48. The van der Waals surface area contributed by atoms with E-state index in [1.165, 1.54) is 13.0 Å². The topological polar surface area (TPSA) is 91.1 Å². The number of hydrogen-bond acceptors (Lipinski definition) is 3. The molecule has 1 aliphatic carbocycles. The second-order valence-corrected chi connectivity index (χ2v) is 5.49. The van der Waals surface area contributed by atoms with Crippen molar-refractivity contribution in [1.29, 1.82) is 0 Å². The van der Waals surface area contributed by atoms with Gasteiger partial charge in [-0.1, -0.05) is 6.08 Å². The highest BCUT2D eigenvalue weighted by Crippen LogP contribution is 2.27. The number of rotatable bonds is 5. The molecule has 2 atom stereocenters. The maximum Gasteiger partial charge on any atom is 0.248 e. The van der Waals surface area contributed by atoms with E-state index in [2.05, 4.69) is 22.2 Å². The van der Waals surface area contributed by atoms with Crippen LogP contribution in [-0.2, 0) is 16.0 Å². The molecular weight excluding hydrogens is 282 g/mol. The first-order chi connectivity index (χ1) is 10.5. The number of carbonyl (C=O) groups excluding carboxylic acids is 2. The third-order valence-electron chi connectivity index (χ3n) is 3.74. The zero-order valence-electron chi connectivity index (χ0n) is 12.6. The molecule has 0 fully saturated rings. The first kappa shape index (κ1) is 16.0. The summed E-state index contributed by atoms with van der Waals surface area (Å²) in [6.45, 7) is 4.99. The number of aryl methyl sites for hydroxylation is 1. The number of aromatic amines is 1. The van der Waals surface area contributed by atoms with Crippen LogP contribution < -0.4 is 16.2 Å². The fourth-order valence-electron chi connectivity index (χ4n) is 2.77. The summed E-state index contributed by atoms with van der Waals surface area (Å²) in [5, 5.41) is 5.58. The van der Waals surface area contributed by atoms with E-state index in [0.717, 1.165) is 30.5 Å². The minimum absolute atomic E-state index is 0.131. The highest BCUT2D eigenvalue weighted by atomic mass is 16.2. The molecule has 0 aliphatic heterocycles. The number of carbonyl (C=O) groups is 2. The van der Waals surface area contributed by atoms with Crippen molar-refractivity contribution in [3.63, 3.8) is 0 Å². The van der Waals surface area contributed by atoms with Crippen LogP contribution in [0.5, 0.6) is 0 Å². The van der Waals surface area contributed by atoms with Gasteiger partial charge in [-0.15, -0.1) is 6.58 Å². The van der Waals surface area contributed by atoms with E-state index >= 15 is 0 Å². The van der Waals surface area contributed by atoms with E-state index in [-0.39, 0.29) is 23.4 Å². The Morgan fingerprint density at radius 1 is 1.50 bits per heavy atom. The molecule has 0 saturated carbocycles. The molecule has 6 nitrogen and oxygen atoms in total. The van der Waals surface area contributed by atoms with Crippen LogP contribution in [-0.4, -0.2) is 22.8 Å². The second kappa shape index (κ2) is 7.06. The molecule has 6 heteroatoms. The Kier molecular flexibility index (Phi) is 5.14. The van der Waals surface area contributed by atoms with Gasteiger partial charge in [0.25, 0.3) is 0 Å². The minimum atomic E-state index is -0.622. The summed E-state index contributed by atoms with van der Waals surface area (Å²) < 4.78 is 0. The SMILES string of the molecule is C=CCC(NC(C)=O)C(=O)NC1CCCc2[nH]c(=O)ccc21. The van der Waals surface area contributed by atoms with Crippen molar-refractivity contribution in [1.82, 2.24) is 15.6 Å². The van der Waals surface area contributed by atoms with Crippen LogP contribution in [0.3, 0.4) is 0 Å². The Morgan fingerprint density at radius 3 is 2.95 bits per heavy atom. The number of hydrogen-bond donors (Lipinski definition) is 3. The van der Waals surface area contributed by atoms with Crippen molar-refractivity contribution in [3.8, 4) is 0 Å². The largest absolute Gasteiger partial charge is 0.347 e. The van der Waals surface area contributed by atoms with Crippen molar-refractivity contribution < 1.29 is 9.59 Å². The van der Waals surface area contributed by atoms with Crippen LogP contribution in [0.15, 0.2) is 29.6 Å². The van der Waals surface area contributed by atoms with Crippen molar-refractivity contribution >= 4 is 11.8 Å². The van der Waals surface area contributed by atoms with Crippen molar-refractivity contribution in [3.05, 3.63) is 46.4 Å². The molecule has 0 radical (unpaired) electrons. The molecule has 0 aromatic carbocycles. The van der Waals surface area contributed by atoms with Gasteiger partial charge in [0.2, 0.25) is 17.4 Å². The predicted octanol–water partition coefficient (Wildman–Crippen LogP) is 0.949. The lowest BCUT2D eigenvalue weighted by Crippen LogP contribution is -2.47. The molecule has 118 valence electrons. The Labute approximate surface area is 129 Å². The predicted molar refractivity (Wildman–Crippen MR) is 83.3 cm³/mol. The molecular formula is C16H21N3O3. The van der Waals surface area contributed by atoms with Gasteiger partial charge in [-0.2, -0.15) is 0 Å². The molecule has 2 rings (SSSR count). The van der Waals surface area contributed by atoms with Crippen LogP contribution in [0.4, 0.5) is 0 Å². The van der Waals surface area contributed by atoms with Crippen LogP contribution >= 0.6 is 0 Å². The van der Waals surface area contributed by atoms with E-state index in [1.807, 2.05) is 0 Å². The molecule has 1 heterocycles. The summed E-state index contributed by atoms with van der Waals surface area (Å²) in [5.74, 6) is -0.491. The van der Waals surface area contributed by atoms with Gasteiger partial charge in [-0.25, -0.2) is 0 Å². The highest BCUT2D eigenvalue weighted by Gasteiger charge is 2.25. The van der Waals surface area contributed by atoms with E-state index in [1.54, 1.807) is 12.1 Å². The lowest BCUT2D eigenvalue weighted by atomic mass is 9.91. The van der Waals surface area contributed by atoms with Crippen LogP contribution in [0.1, 0.15) is 43.5 Å². The number of aromatic nitrogens is 1. The Morgan fingerprint density at radius 2 is 2.27 bits per heavy atom. The maximum absolute atomic E-state index is 12.4. The van der Waals surface area contributed by atoms with Crippen LogP contribution in [0.2, 0.25) is 0 Å². The molecule has 1 aliphatic rings. The molecule has 0 bridgehead atoms. The van der Waals surface area contributed by atoms with Gasteiger partial charge in [0, 0.05) is 18.7 Å². The third kappa shape index (κ3) is 3.84. The summed E-state index contributed by atoms with van der Waals surface area (Å²) >= 11 is 0. The molecule has 2 unspecified atom stereocenters. The molecule has 3 N–H and O–H groups in total. The molecule has 0 spiro atoms. The van der Waals surface area contributed by atoms with Gasteiger partial charge in [-0.05, 0) is 37.3 Å². The zero-order chi connectivity index (χ0) is 16.1. The fraction of sp³-hybridized carbons (Fsp3) is 0.438. The molecule has 2 amide bonds. The van der Waals surface area contributed by atoms with Crippen molar-refractivity contribution in [2.24, 2.45) is 0 Å². The number of fused-ring (bicyclic) bond motifs is 1. The standard InChI is InChI=1S/C16H21N3O3/c1-3-5-14(17-10(2)20)16(22)19-13-7-4-6-12-11(13)8-9-15(21)18-12/h3,8-9,13-14H,1,4-7H2,2H3,(H,17,20)(H,18,21)(H,19,22). The summed E-state index contributed by atoms with van der Waals surface area (Å²) in [5.41, 5.74) is 1.69. The first-order valence-electron chi connectivity index (χ1n) is 7.41. The van der Waals surface area contributed by atoms with Gasteiger partial charge >= 0.3 is 0 Å². The third-order valence-corrected chi connectivity index (χ3v) is 3.74. The second-order valence-electron chi connectivity index (χ2n) is 5.49. The number of H-pyrrole nitrogens is 1. The van der Waals surface area contributed by atoms with Crippen molar-refractivity contribution in [2.45, 2.75) is 44.7 Å². The van der Waals surface area contributed by atoms with E-state index in [4.69, 9.17) is 0 Å². The fourth-order valence-corrected chi connectivity index (χ4v) is 2.77. The maximum atomic E-state index is 12.4. The molecule has 22 heavy (non-hydrogen) atoms. The minimum Gasteiger partial charge on any atom is -0.347 e. The summed E-state index contributed by atoms with van der Waals surface area (Å²) in [4.78, 5) is 37.8. The Bertz CT molecular complexity index is 636. The lowest BCUT2D eigenvalue weighted by molar-refractivity contribution is -0.128. The molecule has 1 aromatic heterocycles. The van der Waals surface area contributed by atoms with Gasteiger partial charge in [0.15, 0.2) is 0 Å². The van der Waals surface area contributed by atoms with Crippen LogP contribution in [0, 0.1) is 0 Å². The number of nitrogens with one attached hydrogen (secondary N) is 3. The monoisotopic (exact) mass is 303 g/mol. The van der Waals surface area contributed by atoms with E-state index in [0.29, 0.717) is 6.42 Å². The van der Waals surface area contributed by atoms with Gasteiger partial charge in [0.1, 0.15) is 6.04 Å². The molecule has 1 aromatic rings. The van der Waals surface area contributed by atoms with Gasteiger partial charge < -0.3 is 15.6 Å². The highest BCUT2D eigenvalue weighted by molar-refractivity contribution is 5.87. The lowest BCUT2D eigenvalue weighted by Gasteiger charge is -2.27. The summed E-state index contributed by atoms with van der Waals surface area (Å²) in [7, 11) is 0. The van der Waals surface area contributed by atoms with Crippen LogP contribution in [0.25, 0.3) is 0 Å². The smallest absolute Gasteiger partial charge is 0.248 e. The van der Waals surface area contributed by atoms with Crippen molar-refractivity contribution in [2.75, 3.05) is 0 Å². The average molecular weight is 303 g/mol. The summed E-state index contributed by atoms with van der Waals surface area (Å²) in [6, 6.07) is 2.47. The number of pyridine rings is 1. The van der Waals surface area contributed by atoms with E-state index in [9.17, 15) is 14.4 Å². The quantitative estimate of drug-likeness (QED) is 0.707. The molecule has 0 saturated heterocycles. The average Bonchev–Trinajstić information content (AvgIpc) is 2.46. The van der Waals surface area contributed by atoms with Gasteiger partial charge in [0.05, 0.1) is 6.04 Å². The Hall–Kier alpha value is -2.37. The normalized spacial score (nSPS) is 18.0. The first-order valence-corrected chi connectivity index (χ1v) is 7.41.